The van der Waals surface area contributed by atoms with Crippen LogP contribution >= 0.6 is 0 Å². The number of benzene rings is 2. The van der Waals surface area contributed by atoms with Crippen LogP contribution in [0, 0.1) is 20.8 Å². The Morgan fingerprint density at radius 3 is 2.57 bits per heavy atom. The molecule has 1 N–H and O–H groups in total. The molecule has 0 saturated carbocycles. The van der Waals surface area contributed by atoms with Crippen molar-refractivity contribution in [2.24, 2.45) is 0 Å². The van der Waals surface area contributed by atoms with Crippen LogP contribution in [0.1, 0.15) is 32.6 Å². The van der Waals surface area contributed by atoms with E-state index in [9.17, 15) is 9.59 Å². The highest BCUT2D eigenvalue weighted by atomic mass is 16.5. The van der Waals surface area contributed by atoms with Crippen LogP contribution in [0.25, 0.3) is 11.0 Å². The summed E-state index contributed by atoms with van der Waals surface area (Å²) in [5.74, 6) is -0.173. The van der Waals surface area contributed by atoms with Gasteiger partial charge in [-0.25, -0.2) is 0 Å². The standard InChI is InChI=1S/C24H26N2O4/c1-15-11-20-18(14-30-22(20)12-16(15)2)13-23(27)25-21-6-4-5-19(17(21)3)24(28)26-7-9-29-10-8-26/h4-6,11-12,14H,7-10,13H2,1-3H3,(H,25,27). The average molecular weight is 406 g/mol. The number of nitrogens with zero attached hydrogens (tertiary/aromatic N) is 1. The Bertz CT molecular complexity index is 1110. The molecule has 0 bridgehead atoms. The lowest BCUT2D eigenvalue weighted by molar-refractivity contribution is -0.115. The van der Waals surface area contributed by atoms with E-state index in [1.54, 1.807) is 23.3 Å². The predicted octanol–water partition coefficient (Wildman–Crippen LogP) is 4.01. The van der Waals surface area contributed by atoms with Crippen molar-refractivity contribution >= 4 is 28.5 Å². The summed E-state index contributed by atoms with van der Waals surface area (Å²) < 4.78 is 11.0. The number of ether oxygens (including phenoxy) is 1. The van der Waals surface area contributed by atoms with Gasteiger partial charge in [0.25, 0.3) is 5.91 Å². The number of hydrogen-bond donors (Lipinski definition) is 1. The van der Waals surface area contributed by atoms with Crippen LogP contribution in [0.15, 0.2) is 41.0 Å². The van der Waals surface area contributed by atoms with E-state index in [-0.39, 0.29) is 18.2 Å². The normalized spacial score (nSPS) is 14.2. The summed E-state index contributed by atoms with van der Waals surface area (Å²) in [5, 5.41) is 3.92. The van der Waals surface area contributed by atoms with Crippen LogP contribution in [0.5, 0.6) is 0 Å². The Morgan fingerprint density at radius 1 is 1.07 bits per heavy atom. The summed E-state index contributed by atoms with van der Waals surface area (Å²) in [5.41, 5.74) is 5.99. The minimum Gasteiger partial charge on any atom is -0.464 e. The van der Waals surface area contributed by atoms with Gasteiger partial charge in [0.2, 0.25) is 5.91 Å². The van der Waals surface area contributed by atoms with Crippen LogP contribution in [-0.4, -0.2) is 43.0 Å². The number of aryl methyl sites for hydroxylation is 2. The van der Waals surface area contributed by atoms with Gasteiger partial charge in [0, 0.05) is 35.3 Å². The summed E-state index contributed by atoms with van der Waals surface area (Å²) in [6.07, 6.45) is 1.85. The molecule has 4 rings (SSSR count). The quantitative estimate of drug-likeness (QED) is 0.711. The third-order valence-corrected chi connectivity index (χ3v) is 5.76. The second kappa shape index (κ2) is 8.32. The number of morpholine rings is 1. The molecule has 1 aliphatic rings. The molecular weight excluding hydrogens is 380 g/mol. The van der Waals surface area contributed by atoms with Gasteiger partial charge in [-0.05, 0) is 61.7 Å². The molecule has 2 aromatic carbocycles. The molecule has 1 aromatic heterocycles. The van der Waals surface area contributed by atoms with Gasteiger partial charge in [-0.1, -0.05) is 6.07 Å². The maximum absolute atomic E-state index is 12.9. The topological polar surface area (TPSA) is 71.8 Å². The van der Waals surface area contributed by atoms with E-state index in [2.05, 4.69) is 11.4 Å². The SMILES string of the molecule is Cc1cc2occ(CC(=O)Nc3cccc(C(=O)N4CCOCC4)c3C)c2cc1C. The Hall–Kier alpha value is -3.12. The van der Waals surface area contributed by atoms with Gasteiger partial charge in [0.1, 0.15) is 5.58 Å². The second-order valence-electron chi connectivity index (χ2n) is 7.80. The molecular formula is C24H26N2O4. The monoisotopic (exact) mass is 406 g/mol. The van der Waals surface area contributed by atoms with E-state index in [0.717, 1.165) is 33.2 Å². The van der Waals surface area contributed by atoms with E-state index in [1.165, 1.54) is 0 Å². The number of furan rings is 1. The van der Waals surface area contributed by atoms with Crippen molar-refractivity contribution in [2.75, 3.05) is 31.6 Å². The van der Waals surface area contributed by atoms with Gasteiger partial charge in [0.05, 0.1) is 25.9 Å². The highest BCUT2D eigenvalue weighted by molar-refractivity contribution is 6.00. The van der Waals surface area contributed by atoms with Crippen molar-refractivity contribution in [2.45, 2.75) is 27.2 Å². The fraction of sp³-hybridized carbons (Fsp3) is 0.333. The van der Waals surface area contributed by atoms with Gasteiger partial charge < -0.3 is 19.4 Å². The molecule has 2 amide bonds. The average Bonchev–Trinajstić information content (AvgIpc) is 3.11. The lowest BCUT2D eigenvalue weighted by Crippen LogP contribution is -2.41. The van der Waals surface area contributed by atoms with Crippen LogP contribution < -0.4 is 5.32 Å². The molecule has 3 aromatic rings. The number of rotatable bonds is 4. The Labute approximate surface area is 175 Å². The Kier molecular flexibility index (Phi) is 5.59. The Balaban J connectivity index is 1.51. The number of nitrogens with one attached hydrogen (secondary N) is 1. The van der Waals surface area contributed by atoms with Gasteiger partial charge in [-0.2, -0.15) is 0 Å². The number of fused-ring (bicyclic) bond motifs is 1. The molecule has 1 fully saturated rings. The molecule has 6 nitrogen and oxygen atoms in total. The third-order valence-electron chi connectivity index (χ3n) is 5.76. The zero-order valence-electron chi connectivity index (χ0n) is 17.6. The van der Waals surface area contributed by atoms with Crippen LogP contribution in [-0.2, 0) is 16.0 Å². The molecule has 30 heavy (non-hydrogen) atoms. The minimum atomic E-state index is -0.144. The first-order valence-corrected chi connectivity index (χ1v) is 10.2. The summed E-state index contributed by atoms with van der Waals surface area (Å²) in [7, 11) is 0. The van der Waals surface area contributed by atoms with Gasteiger partial charge in [-0.15, -0.1) is 0 Å². The molecule has 0 aliphatic carbocycles. The maximum atomic E-state index is 12.9. The van der Waals surface area contributed by atoms with E-state index in [0.29, 0.717) is 37.6 Å². The first-order chi connectivity index (χ1) is 14.4. The number of hydrogen-bond acceptors (Lipinski definition) is 4. The molecule has 2 heterocycles. The van der Waals surface area contributed by atoms with E-state index in [4.69, 9.17) is 9.15 Å². The van der Waals surface area contributed by atoms with Crippen LogP contribution in [0.3, 0.4) is 0 Å². The van der Waals surface area contributed by atoms with Crippen molar-refractivity contribution in [3.8, 4) is 0 Å². The molecule has 0 atom stereocenters. The van der Waals surface area contributed by atoms with Crippen molar-refractivity contribution in [1.82, 2.24) is 4.90 Å². The van der Waals surface area contributed by atoms with Crippen molar-refractivity contribution < 1.29 is 18.7 Å². The lowest BCUT2D eigenvalue weighted by Gasteiger charge is -2.27. The van der Waals surface area contributed by atoms with Gasteiger partial charge in [-0.3, -0.25) is 9.59 Å². The molecule has 6 heteroatoms. The number of carbonyl (C=O) groups excluding carboxylic acids is 2. The first-order valence-electron chi connectivity index (χ1n) is 10.2. The molecule has 0 spiro atoms. The molecule has 1 aliphatic heterocycles. The smallest absolute Gasteiger partial charge is 0.254 e. The molecule has 0 radical (unpaired) electrons. The predicted molar refractivity (Wildman–Crippen MR) is 116 cm³/mol. The highest BCUT2D eigenvalue weighted by Gasteiger charge is 2.21. The zero-order chi connectivity index (χ0) is 21.3. The summed E-state index contributed by atoms with van der Waals surface area (Å²) in [4.78, 5) is 27.4. The number of anilines is 1. The van der Waals surface area contributed by atoms with Crippen LogP contribution in [0.4, 0.5) is 5.69 Å². The highest BCUT2D eigenvalue weighted by Crippen LogP contribution is 2.26. The number of amides is 2. The largest absolute Gasteiger partial charge is 0.464 e. The molecule has 0 unspecified atom stereocenters. The number of carbonyl (C=O) groups is 2. The van der Waals surface area contributed by atoms with E-state index in [1.807, 2.05) is 32.9 Å². The van der Waals surface area contributed by atoms with E-state index < -0.39 is 0 Å². The van der Waals surface area contributed by atoms with E-state index >= 15 is 0 Å². The Morgan fingerprint density at radius 2 is 1.80 bits per heavy atom. The molecule has 1 saturated heterocycles. The zero-order valence-corrected chi connectivity index (χ0v) is 17.6. The third kappa shape index (κ3) is 3.96. The second-order valence-corrected chi connectivity index (χ2v) is 7.80. The van der Waals surface area contributed by atoms with Crippen molar-refractivity contribution in [1.29, 1.82) is 0 Å². The summed E-state index contributed by atoms with van der Waals surface area (Å²) >= 11 is 0. The van der Waals surface area contributed by atoms with Gasteiger partial charge >= 0.3 is 0 Å². The van der Waals surface area contributed by atoms with Crippen LogP contribution in [0.2, 0.25) is 0 Å². The summed E-state index contributed by atoms with van der Waals surface area (Å²) in [6, 6.07) is 9.48. The minimum absolute atomic E-state index is 0.0291. The fourth-order valence-electron chi connectivity index (χ4n) is 3.78. The first kappa shape index (κ1) is 20.2. The maximum Gasteiger partial charge on any atom is 0.254 e. The summed E-state index contributed by atoms with van der Waals surface area (Å²) in [6.45, 7) is 8.23. The molecule has 156 valence electrons. The lowest BCUT2D eigenvalue weighted by atomic mass is 10.0. The fourth-order valence-corrected chi connectivity index (χ4v) is 3.78. The van der Waals surface area contributed by atoms with Crippen molar-refractivity contribution in [3.63, 3.8) is 0 Å². The van der Waals surface area contributed by atoms with Gasteiger partial charge in [0.15, 0.2) is 0 Å². The van der Waals surface area contributed by atoms with Crippen molar-refractivity contribution in [3.05, 3.63) is 64.4 Å².